The molecule has 1 unspecified atom stereocenters. The van der Waals surface area contributed by atoms with Gasteiger partial charge in [-0.1, -0.05) is 36.4 Å². The van der Waals surface area contributed by atoms with Gasteiger partial charge in [-0.05, 0) is 37.1 Å². The smallest absolute Gasteiger partial charge is 0.272 e. The minimum absolute atomic E-state index is 0.0160. The number of hydrogen-bond donors (Lipinski definition) is 1. The zero-order valence-electron chi connectivity index (χ0n) is 16.5. The molecule has 0 radical (unpaired) electrons. The van der Waals surface area contributed by atoms with Crippen LogP contribution in [0.1, 0.15) is 35.2 Å². The lowest BCUT2D eigenvalue weighted by atomic mass is 10.0. The maximum absolute atomic E-state index is 12.9. The largest absolute Gasteiger partial charge is 0.497 e. The predicted octanol–water partition coefficient (Wildman–Crippen LogP) is 4.10. The molecule has 0 spiro atoms. The molecule has 0 bridgehead atoms. The van der Waals surface area contributed by atoms with E-state index in [-0.39, 0.29) is 11.4 Å². The van der Waals surface area contributed by atoms with Gasteiger partial charge in [0, 0.05) is 12.3 Å². The summed E-state index contributed by atoms with van der Waals surface area (Å²) in [5, 5.41) is 20.5. The number of ether oxygens (including phenoxy) is 1. The summed E-state index contributed by atoms with van der Waals surface area (Å²) in [4.78, 5) is 17.3. The summed E-state index contributed by atoms with van der Waals surface area (Å²) in [6.07, 6.45) is 1.47. The molecule has 1 atom stereocenters. The lowest BCUT2D eigenvalue weighted by molar-refractivity contribution is 0.393. The first kappa shape index (κ1) is 19.9. The fraction of sp³-hybridized carbons (Fsp3) is 0.174. The van der Waals surface area contributed by atoms with Gasteiger partial charge in [-0.2, -0.15) is 5.26 Å². The average molecular weight is 387 g/mol. The van der Waals surface area contributed by atoms with Crippen molar-refractivity contribution in [3.63, 3.8) is 0 Å². The lowest BCUT2D eigenvalue weighted by Crippen LogP contribution is -2.28. The van der Waals surface area contributed by atoms with Crippen LogP contribution in [-0.4, -0.2) is 23.0 Å². The molecule has 2 aromatic carbocycles. The van der Waals surface area contributed by atoms with Crippen molar-refractivity contribution in [3.05, 3.63) is 87.2 Å². The zero-order chi connectivity index (χ0) is 21.0. The number of pyridine rings is 1. The van der Waals surface area contributed by atoms with Gasteiger partial charge in [0.15, 0.2) is 0 Å². The lowest BCUT2D eigenvalue weighted by Gasteiger charge is -2.20. The van der Waals surface area contributed by atoms with Gasteiger partial charge in [0.1, 0.15) is 17.4 Å². The molecule has 146 valence electrons. The highest BCUT2D eigenvalue weighted by Crippen LogP contribution is 2.27. The molecule has 0 aliphatic heterocycles. The van der Waals surface area contributed by atoms with Crippen LogP contribution in [0.2, 0.25) is 0 Å². The van der Waals surface area contributed by atoms with Gasteiger partial charge < -0.3 is 9.84 Å². The number of aromatic nitrogens is 1. The van der Waals surface area contributed by atoms with E-state index in [0.717, 1.165) is 5.56 Å². The summed E-state index contributed by atoms with van der Waals surface area (Å²) in [5.41, 5.74) is 1.63. The molecule has 1 aromatic heterocycles. The molecule has 29 heavy (non-hydrogen) atoms. The first-order valence-electron chi connectivity index (χ1n) is 9.09. The van der Waals surface area contributed by atoms with Gasteiger partial charge >= 0.3 is 0 Å². The summed E-state index contributed by atoms with van der Waals surface area (Å²) < 4.78 is 6.42. The summed E-state index contributed by atoms with van der Waals surface area (Å²) in [6, 6.07) is 18.0. The van der Waals surface area contributed by atoms with E-state index in [9.17, 15) is 15.2 Å². The van der Waals surface area contributed by atoms with Gasteiger partial charge in [0.2, 0.25) is 5.88 Å². The van der Waals surface area contributed by atoms with Gasteiger partial charge in [0.25, 0.3) is 5.56 Å². The number of rotatable bonds is 5. The van der Waals surface area contributed by atoms with Gasteiger partial charge in [-0.3, -0.25) is 14.4 Å². The monoisotopic (exact) mass is 387 g/mol. The maximum atomic E-state index is 12.9. The van der Waals surface area contributed by atoms with Gasteiger partial charge in [-0.25, -0.2) is 0 Å². The fourth-order valence-corrected chi connectivity index (χ4v) is 3.17. The molecule has 0 amide bonds. The molecule has 1 heterocycles. The molecule has 0 aliphatic carbocycles. The Labute approximate surface area is 169 Å². The van der Waals surface area contributed by atoms with E-state index in [1.165, 1.54) is 10.8 Å². The molecule has 6 nitrogen and oxygen atoms in total. The third-order valence-corrected chi connectivity index (χ3v) is 4.86. The van der Waals surface area contributed by atoms with Crippen LogP contribution in [0.3, 0.4) is 0 Å². The van der Waals surface area contributed by atoms with Crippen molar-refractivity contribution in [2.45, 2.75) is 19.9 Å². The van der Waals surface area contributed by atoms with Crippen LogP contribution in [0.4, 0.5) is 5.69 Å². The number of aromatic hydroxyl groups is 1. The molecule has 0 saturated carbocycles. The Morgan fingerprint density at radius 2 is 1.93 bits per heavy atom. The normalized spacial score (nSPS) is 11.9. The maximum Gasteiger partial charge on any atom is 0.272 e. The van der Waals surface area contributed by atoms with Gasteiger partial charge in [0.05, 0.1) is 24.4 Å². The highest BCUT2D eigenvalue weighted by atomic mass is 16.5. The number of nitriles is 1. The van der Waals surface area contributed by atoms with E-state index >= 15 is 0 Å². The predicted molar refractivity (Wildman–Crippen MR) is 112 cm³/mol. The Bertz CT molecular complexity index is 1160. The first-order valence-corrected chi connectivity index (χ1v) is 9.09. The van der Waals surface area contributed by atoms with E-state index in [1.54, 1.807) is 45.2 Å². The van der Waals surface area contributed by atoms with Crippen molar-refractivity contribution >= 4 is 11.9 Å². The summed E-state index contributed by atoms with van der Waals surface area (Å²) >= 11 is 0. The van der Waals surface area contributed by atoms with Crippen LogP contribution in [0, 0.1) is 18.3 Å². The molecule has 1 N–H and O–H groups in total. The first-order chi connectivity index (χ1) is 14.0. The van der Waals surface area contributed by atoms with E-state index < -0.39 is 11.6 Å². The van der Waals surface area contributed by atoms with Crippen molar-refractivity contribution in [1.82, 2.24) is 4.57 Å². The van der Waals surface area contributed by atoms with E-state index in [4.69, 9.17) is 4.74 Å². The Kier molecular flexibility index (Phi) is 5.79. The Morgan fingerprint density at radius 1 is 1.21 bits per heavy atom. The Balaban J connectivity index is 2.16. The number of aliphatic imine (C=N–C) groups is 1. The van der Waals surface area contributed by atoms with Crippen LogP contribution >= 0.6 is 0 Å². The number of nitrogens with zero attached hydrogens (tertiary/aromatic N) is 3. The molecular formula is C23H21N3O3. The summed E-state index contributed by atoms with van der Waals surface area (Å²) in [5.74, 6) is 0.426. The zero-order valence-corrected chi connectivity index (χ0v) is 16.5. The highest BCUT2D eigenvalue weighted by Gasteiger charge is 2.22. The van der Waals surface area contributed by atoms with Crippen molar-refractivity contribution in [2.24, 2.45) is 4.99 Å². The second kappa shape index (κ2) is 8.44. The third kappa shape index (κ3) is 3.90. The number of benzene rings is 2. The standard InChI is InChI=1S/C23H21N3O3/c1-15-20(13-24)22(27)26(16(2)17-8-5-4-6-9-17)23(28)21(15)14-25-18-10-7-11-19(12-18)29-3/h4-12,14,16,28H,1-3H3. The van der Waals surface area contributed by atoms with Crippen molar-refractivity contribution in [2.75, 3.05) is 7.11 Å². The van der Waals surface area contributed by atoms with Gasteiger partial charge in [-0.15, -0.1) is 0 Å². The Hall–Kier alpha value is -3.85. The highest BCUT2D eigenvalue weighted by molar-refractivity contribution is 5.87. The molecule has 3 rings (SSSR count). The van der Waals surface area contributed by atoms with Crippen LogP contribution < -0.4 is 10.3 Å². The average Bonchev–Trinajstić information content (AvgIpc) is 2.74. The van der Waals surface area contributed by atoms with Crippen LogP contribution in [-0.2, 0) is 0 Å². The quantitative estimate of drug-likeness (QED) is 0.668. The third-order valence-electron chi connectivity index (χ3n) is 4.86. The Morgan fingerprint density at radius 3 is 2.59 bits per heavy atom. The fourth-order valence-electron chi connectivity index (χ4n) is 3.17. The van der Waals surface area contributed by atoms with Crippen LogP contribution in [0.15, 0.2) is 64.4 Å². The van der Waals surface area contributed by atoms with Crippen LogP contribution in [0.5, 0.6) is 11.6 Å². The topological polar surface area (TPSA) is 87.6 Å². The minimum Gasteiger partial charge on any atom is -0.497 e. The van der Waals surface area contributed by atoms with Crippen molar-refractivity contribution in [3.8, 4) is 17.7 Å². The molecular weight excluding hydrogens is 366 g/mol. The molecule has 0 saturated heterocycles. The SMILES string of the molecule is COc1cccc(N=Cc2c(C)c(C#N)c(=O)n(C(C)c3ccccc3)c2O)c1. The van der Waals surface area contributed by atoms with E-state index in [2.05, 4.69) is 4.99 Å². The molecule has 0 aliphatic rings. The molecule has 6 heteroatoms. The summed E-state index contributed by atoms with van der Waals surface area (Å²) in [7, 11) is 1.57. The van der Waals surface area contributed by atoms with Crippen molar-refractivity contribution < 1.29 is 9.84 Å². The minimum atomic E-state index is -0.530. The summed E-state index contributed by atoms with van der Waals surface area (Å²) in [6.45, 7) is 3.43. The van der Waals surface area contributed by atoms with E-state index in [0.29, 0.717) is 22.6 Å². The second-order valence-corrected chi connectivity index (χ2v) is 6.57. The number of hydrogen-bond acceptors (Lipinski definition) is 5. The van der Waals surface area contributed by atoms with Crippen molar-refractivity contribution in [1.29, 1.82) is 5.26 Å². The molecule has 0 fully saturated rings. The second-order valence-electron chi connectivity index (χ2n) is 6.57. The van der Waals surface area contributed by atoms with E-state index in [1.807, 2.05) is 36.4 Å². The molecule has 3 aromatic rings. The van der Waals surface area contributed by atoms with Crippen LogP contribution in [0.25, 0.3) is 0 Å². The number of methoxy groups -OCH3 is 1.